The summed E-state index contributed by atoms with van der Waals surface area (Å²) in [6.45, 7) is 0.805. The number of piperidine rings is 1. The lowest BCUT2D eigenvalue weighted by Gasteiger charge is -2.30. The van der Waals surface area contributed by atoms with Crippen molar-refractivity contribution in [3.8, 4) is 0 Å². The minimum Gasteiger partial charge on any atom is -0.349 e. The number of nitrogens with one attached hydrogen (secondary N) is 1. The van der Waals surface area contributed by atoms with E-state index in [2.05, 4.69) is 17.4 Å². The normalized spacial score (nSPS) is 21.5. The average molecular weight is 391 g/mol. The Morgan fingerprint density at radius 2 is 1.85 bits per heavy atom. The van der Waals surface area contributed by atoms with Gasteiger partial charge in [-0.25, -0.2) is 8.42 Å². The molecular weight excluding hydrogens is 368 g/mol. The zero-order chi connectivity index (χ0) is 18.1. The Bertz CT molecular complexity index is 885. The van der Waals surface area contributed by atoms with Gasteiger partial charge in [0, 0.05) is 19.0 Å². The van der Waals surface area contributed by atoms with Crippen LogP contribution in [0.15, 0.2) is 46.0 Å². The van der Waals surface area contributed by atoms with Crippen LogP contribution in [0, 0.1) is 5.92 Å². The first-order chi connectivity index (χ1) is 12.6. The van der Waals surface area contributed by atoms with E-state index < -0.39 is 10.0 Å². The molecule has 1 aliphatic carbocycles. The molecule has 2 heterocycles. The minimum atomic E-state index is -3.41. The third-order valence-electron chi connectivity index (χ3n) is 5.36. The Morgan fingerprint density at radius 1 is 1.08 bits per heavy atom. The monoisotopic (exact) mass is 390 g/mol. The molecule has 1 aromatic heterocycles. The predicted molar refractivity (Wildman–Crippen MR) is 101 cm³/mol. The van der Waals surface area contributed by atoms with Gasteiger partial charge in [-0.15, -0.1) is 11.3 Å². The van der Waals surface area contributed by atoms with Gasteiger partial charge in [-0.3, -0.25) is 4.79 Å². The second-order valence-corrected chi connectivity index (χ2v) is 10.0. The summed E-state index contributed by atoms with van der Waals surface area (Å²) in [5, 5.41) is 4.95. The summed E-state index contributed by atoms with van der Waals surface area (Å²) in [5.41, 5.74) is 2.54. The minimum absolute atomic E-state index is 0.0554. The Labute approximate surface area is 158 Å². The third kappa shape index (κ3) is 3.31. The second kappa shape index (κ2) is 7.13. The molecule has 0 radical (unpaired) electrons. The summed E-state index contributed by atoms with van der Waals surface area (Å²) in [7, 11) is -3.41. The van der Waals surface area contributed by atoms with Crippen LogP contribution in [0.4, 0.5) is 0 Å². The molecule has 1 aliphatic heterocycles. The lowest BCUT2D eigenvalue weighted by atomic mass is 9.96. The maximum absolute atomic E-state index is 12.7. The number of carbonyl (C=O) groups excluding carboxylic acids is 1. The summed E-state index contributed by atoms with van der Waals surface area (Å²) >= 11 is 1.24. The van der Waals surface area contributed by atoms with Gasteiger partial charge in [0.2, 0.25) is 5.91 Å². The van der Waals surface area contributed by atoms with E-state index in [0.717, 1.165) is 12.8 Å². The van der Waals surface area contributed by atoms with Crippen molar-refractivity contribution in [3.63, 3.8) is 0 Å². The second-order valence-electron chi connectivity index (χ2n) is 6.91. The summed E-state index contributed by atoms with van der Waals surface area (Å²) in [6, 6.07) is 11.7. The number of amides is 1. The van der Waals surface area contributed by atoms with Crippen LogP contribution in [-0.2, 0) is 21.2 Å². The molecule has 1 amide bonds. The van der Waals surface area contributed by atoms with Crippen LogP contribution in [-0.4, -0.2) is 31.7 Å². The van der Waals surface area contributed by atoms with E-state index in [-0.39, 0.29) is 17.9 Å². The molecule has 5 nitrogen and oxygen atoms in total. The van der Waals surface area contributed by atoms with Gasteiger partial charge in [-0.05, 0) is 48.3 Å². The predicted octanol–water partition coefficient (Wildman–Crippen LogP) is 2.95. The van der Waals surface area contributed by atoms with Crippen LogP contribution in [0.2, 0.25) is 0 Å². The molecule has 1 N–H and O–H groups in total. The fourth-order valence-electron chi connectivity index (χ4n) is 3.89. The van der Waals surface area contributed by atoms with Crippen LogP contribution in [0.25, 0.3) is 0 Å². The maximum atomic E-state index is 12.7. The number of fused-ring (bicyclic) bond motifs is 1. The van der Waals surface area contributed by atoms with E-state index in [0.29, 0.717) is 30.1 Å². The van der Waals surface area contributed by atoms with Crippen molar-refractivity contribution in [2.75, 3.05) is 13.1 Å². The fourth-order valence-corrected chi connectivity index (χ4v) is 6.51. The zero-order valence-electron chi connectivity index (χ0n) is 14.4. The molecule has 1 aromatic carbocycles. The van der Waals surface area contributed by atoms with Crippen LogP contribution in [0.1, 0.15) is 36.4 Å². The third-order valence-corrected chi connectivity index (χ3v) is 8.63. The van der Waals surface area contributed by atoms with Crippen LogP contribution in [0.3, 0.4) is 0 Å². The summed E-state index contributed by atoms with van der Waals surface area (Å²) in [6.07, 6.45) is 3.09. The maximum Gasteiger partial charge on any atom is 0.252 e. The van der Waals surface area contributed by atoms with Gasteiger partial charge in [0.25, 0.3) is 10.0 Å². The highest BCUT2D eigenvalue weighted by Gasteiger charge is 2.34. The number of sulfonamides is 1. The van der Waals surface area contributed by atoms with Crippen molar-refractivity contribution in [3.05, 3.63) is 52.9 Å². The van der Waals surface area contributed by atoms with Gasteiger partial charge < -0.3 is 5.32 Å². The molecule has 0 unspecified atom stereocenters. The number of benzene rings is 1. The number of carbonyl (C=O) groups is 1. The number of rotatable bonds is 4. The molecule has 2 aromatic rings. The highest BCUT2D eigenvalue weighted by Crippen LogP contribution is 2.32. The first-order valence-corrected chi connectivity index (χ1v) is 11.3. The van der Waals surface area contributed by atoms with Gasteiger partial charge in [0.1, 0.15) is 4.21 Å². The van der Waals surface area contributed by atoms with Crippen LogP contribution >= 0.6 is 11.3 Å². The van der Waals surface area contributed by atoms with Crippen LogP contribution in [0.5, 0.6) is 0 Å². The van der Waals surface area contributed by atoms with E-state index in [1.165, 1.54) is 26.8 Å². The highest BCUT2D eigenvalue weighted by molar-refractivity contribution is 7.91. The van der Waals surface area contributed by atoms with Crippen molar-refractivity contribution >= 4 is 27.3 Å². The van der Waals surface area contributed by atoms with Gasteiger partial charge in [-0.2, -0.15) is 4.31 Å². The molecule has 0 saturated carbocycles. The topological polar surface area (TPSA) is 66.5 Å². The molecule has 138 valence electrons. The Hall–Kier alpha value is -1.70. The lowest BCUT2D eigenvalue weighted by molar-refractivity contribution is -0.126. The molecule has 4 rings (SSSR count). The Kier molecular flexibility index (Phi) is 4.86. The number of nitrogens with zero attached hydrogens (tertiary/aromatic N) is 1. The summed E-state index contributed by atoms with van der Waals surface area (Å²) in [5.74, 6) is -0.0579. The standard InChI is InChI=1S/C19H22N2O3S2/c22-19(20-17-8-7-14-4-1-2-5-16(14)17)15-9-11-21(12-10-15)26(23,24)18-6-3-13-25-18/h1-6,13,15,17H,7-12H2,(H,20,22)/t17-/m1/s1. The van der Waals surface area contributed by atoms with Crippen molar-refractivity contribution in [1.82, 2.24) is 9.62 Å². The van der Waals surface area contributed by atoms with E-state index in [1.807, 2.05) is 12.1 Å². The quantitative estimate of drug-likeness (QED) is 0.873. The van der Waals surface area contributed by atoms with Gasteiger partial charge in [0.15, 0.2) is 0 Å². The van der Waals surface area contributed by atoms with Crippen LogP contribution < -0.4 is 5.32 Å². The molecule has 0 spiro atoms. The Balaban J connectivity index is 1.36. The number of hydrogen-bond donors (Lipinski definition) is 1. The molecule has 26 heavy (non-hydrogen) atoms. The highest BCUT2D eigenvalue weighted by atomic mass is 32.2. The van der Waals surface area contributed by atoms with E-state index in [1.54, 1.807) is 17.5 Å². The Morgan fingerprint density at radius 3 is 2.58 bits per heavy atom. The zero-order valence-corrected chi connectivity index (χ0v) is 16.1. The van der Waals surface area contributed by atoms with Gasteiger partial charge in [0.05, 0.1) is 6.04 Å². The van der Waals surface area contributed by atoms with E-state index in [4.69, 9.17) is 0 Å². The van der Waals surface area contributed by atoms with Gasteiger partial charge >= 0.3 is 0 Å². The fraction of sp³-hybridized carbons (Fsp3) is 0.421. The largest absolute Gasteiger partial charge is 0.349 e. The van der Waals surface area contributed by atoms with Crippen molar-refractivity contribution in [1.29, 1.82) is 0 Å². The number of hydrogen-bond acceptors (Lipinski definition) is 4. The molecule has 7 heteroatoms. The lowest BCUT2D eigenvalue weighted by Crippen LogP contribution is -2.43. The smallest absolute Gasteiger partial charge is 0.252 e. The average Bonchev–Trinajstić information content (AvgIpc) is 3.33. The molecule has 0 bridgehead atoms. The summed E-state index contributed by atoms with van der Waals surface area (Å²) < 4.78 is 27.0. The molecule has 1 fully saturated rings. The number of aryl methyl sites for hydroxylation is 1. The van der Waals surface area contributed by atoms with E-state index in [9.17, 15) is 13.2 Å². The van der Waals surface area contributed by atoms with Crippen molar-refractivity contribution in [2.45, 2.75) is 35.9 Å². The van der Waals surface area contributed by atoms with E-state index >= 15 is 0 Å². The molecular formula is C19H22N2O3S2. The first-order valence-electron chi connectivity index (χ1n) is 8.97. The SMILES string of the molecule is O=C(N[C@@H]1CCc2ccccc21)C1CCN(S(=O)(=O)c2cccs2)CC1. The van der Waals surface area contributed by atoms with Crippen molar-refractivity contribution in [2.24, 2.45) is 5.92 Å². The molecule has 1 atom stereocenters. The van der Waals surface area contributed by atoms with Crippen molar-refractivity contribution < 1.29 is 13.2 Å². The summed E-state index contributed by atoms with van der Waals surface area (Å²) in [4.78, 5) is 12.7. The molecule has 2 aliphatic rings. The first kappa shape index (κ1) is 17.7. The molecule has 1 saturated heterocycles. The van der Waals surface area contributed by atoms with Gasteiger partial charge in [-0.1, -0.05) is 30.3 Å². The number of thiophene rings is 1.